The molecule has 3 nitrogen and oxygen atoms in total. The van der Waals surface area contributed by atoms with Crippen LogP contribution in [0, 0.1) is 6.92 Å². The van der Waals surface area contributed by atoms with Gasteiger partial charge in [0.05, 0.1) is 11.8 Å². The molecule has 1 atom stereocenters. The Morgan fingerprint density at radius 1 is 1.47 bits per heavy atom. The fraction of sp³-hybridized carbons (Fsp3) is 0.214. The Balaban J connectivity index is 1.82. The number of nitrogens with zero attached hydrogens (tertiary/aromatic N) is 2. The maximum Gasteiger partial charge on any atom is 0.193 e. The molecule has 1 aromatic carbocycles. The molecule has 0 aliphatic carbocycles. The van der Waals surface area contributed by atoms with Crippen LogP contribution < -0.4 is 0 Å². The van der Waals surface area contributed by atoms with E-state index in [2.05, 4.69) is 20.9 Å². The number of aliphatic hydroxyl groups is 1. The molecule has 0 fully saturated rings. The first-order chi connectivity index (χ1) is 9.13. The summed E-state index contributed by atoms with van der Waals surface area (Å²) in [6, 6.07) is 5.92. The second kappa shape index (κ2) is 5.07. The van der Waals surface area contributed by atoms with Crippen molar-refractivity contribution in [3.8, 4) is 0 Å². The number of aromatic nitrogens is 2. The highest BCUT2D eigenvalue weighted by Gasteiger charge is 2.12. The fourth-order valence-electron chi connectivity index (χ4n) is 2.07. The third-order valence-electron chi connectivity index (χ3n) is 3.11. The van der Waals surface area contributed by atoms with Crippen LogP contribution in [0.4, 0.5) is 0 Å². The van der Waals surface area contributed by atoms with Crippen LogP contribution in [-0.2, 0) is 6.42 Å². The number of thiazole rings is 1. The highest BCUT2D eigenvalue weighted by atomic mass is 79.9. The molecule has 0 saturated heterocycles. The fourth-order valence-corrected chi connectivity index (χ4v) is 3.03. The van der Waals surface area contributed by atoms with Crippen molar-refractivity contribution < 1.29 is 5.11 Å². The van der Waals surface area contributed by atoms with E-state index in [4.69, 9.17) is 0 Å². The molecule has 0 amide bonds. The van der Waals surface area contributed by atoms with E-state index < -0.39 is 6.10 Å². The number of fused-ring (bicyclic) bond motifs is 1. The van der Waals surface area contributed by atoms with Crippen molar-refractivity contribution in [3.63, 3.8) is 0 Å². The van der Waals surface area contributed by atoms with Gasteiger partial charge in [-0.15, -0.1) is 11.3 Å². The predicted molar refractivity (Wildman–Crippen MR) is 80.6 cm³/mol. The van der Waals surface area contributed by atoms with Crippen molar-refractivity contribution in [2.45, 2.75) is 19.4 Å². The van der Waals surface area contributed by atoms with Crippen LogP contribution in [0.15, 0.2) is 40.4 Å². The summed E-state index contributed by atoms with van der Waals surface area (Å²) in [5.41, 5.74) is 2.97. The van der Waals surface area contributed by atoms with Gasteiger partial charge >= 0.3 is 0 Å². The molecule has 1 unspecified atom stereocenters. The van der Waals surface area contributed by atoms with Gasteiger partial charge in [0.2, 0.25) is 0 Å². The summed E-state index contributed by atoms with van der Waals surface area (Å²) in [4.78, 5) is 5.46. The van der Waals surface area contributed by atoms with E-state index >= 15 is 0 Å². The molecule has 3 rings (SSSR count). The maximum absolute atomic E-state index is 10.3. The Labute approximate surface area is 123 Å². The minimum atomic E-state index is -0.517. The summed E-state index contributed by atoms with van der Waals surface area (Å²) in [5.74, 6) is 0. The van der Waals surface area contributed by atoms with Crippen LogP contribution >= 0.6 is 27.3 Å². The van der Waals surface area contributed by atoms with Crippen molar-refractivity contribution in [1.82, 2.24) is 9.38 Å². The number of aryl methyl sites for hydroxylation is 1. The molecule has 0 aliphatic heterocycles. The summed E-state index contributed by atoms with van der Waals surface area (Å²) in [6.45, 7) is 2.02. The molecule has 3 aromatic rings. The minimum absolute atomic E-state index is 0.517. The number of benzene rings is 1. The van der Waals surface area contributed by atoms with E-state index in [1.54, 1.807) is 11.3 Å². The lowest BCUT2D eigenvalue weighted by atomic mass is 10.0. The van der Waals surface area contributed by atoms with Gasteiger partial charge in [-0.25, -0.2) is 4.98 Å². The Morgan fingerprint density at radius 3 is 3.05 bits per heavy atom. The van der Waals surface area contributed by atoms with Crippen LogP contribution in [0.1, 0.15) is 22.9 Å². The second-order valence-electron chi connectivity index (χ2n) is 4.55. The van der Waals surface area contributed by atoms with Gasteiger partial charge in [0.1, 0.15) is 0 Å². The number of aliphatic hydroxyl groups excluding tert-OH is 1. The predicted octanol–water partition coefficient (Wildman–Crippen LogP) is 3.74. The standard InChI is InChI=1S/C14H13BrN2OS/c1-9-6-10(2-3-12(9)15)13(18)7-11-8-17-4-5-19-14(17)16-11/h2-6,8,13,18H,7H2,1H3. The Bertz CT molecular complexity index is 691. The zero-order chi connectivity index (χ0) is 13.4. The largest absolute Gasteiger partial charge is 0.388 e. The summed E-state index contributed by atoms with van der Waals surface area (Å²) in [7, 11) is 0. The quantitative estimate of drug-likeness (QED) is 0.791. The third kappa shape index (κ3) is 2.59. The first-order valence-electron chi connectivity index (χ1n) is 5.98. The van der Waals surface area contributed by atoms with Crippen molar-refractivity contribution in [2.75, 3.05) is 0 Å². The minimum Gasteiger partial charge on any atom is -0.388 e. The van der Waals surface area contributed by atoms with Crippen LogP contribution in [0.2, 0.25) is 0 Å². The summed E-state index contributed by atoms with van der Waals surface area (Å²) in [5, 5.41) is 12.3. The van der Waals surface area contributed by atoms with Crippen molar-refractivity contribution in [3.05, 3.63) is 57.3 Å². The lowest BCUT2D eigenvalue weighted by Crippen LogP contribution is -2.02. The van der Waals surface area contributed by atoms with E-state index in [1.807, 2.05) is 47.3 Å². The van der Waals surface area contributed by atoms with Crippen LogP contribution in [0.25, 0.3) is 4.96 Å². The SMILES string of the molecule is Cc1cc(C(O)Cc2cn3ccsc3n2)ccc1Br. The molecule has 5 heteroatoms. The molecule has 2 heterocycles. The van der Waals surface area contributed by atoms with Gasteiger partial charge in [0.15, 0.2) is 4.96 Å². The van der Waals surface area contributed by atoms with Gasteiger partial charge in [-0.1, -0.05) is 28.1 Å². The van der Waals surface area contributed by atoms with Crippen LogP contribution in [0.3, 0.4) is 0 Å². The normalized spacial score (nSPS) is 13.0. The average Bonchev–Trinajstić information content (AvgIpc) is 2.93. The Kier molecular flexibility index (Phi) is 3.43. The van der Waals surface area contributed by atoms with Crippen LogP contribution in [-0.4, -0.2) is 14.5 Å². The molecule has 1 N–H and O–H groups in total. The number of imidazole rings is 1. The first kappa shape index (κ1) is 12.8. The van der Waals surface area contributed by atoms with Gasteiger partial charge in [-0.3, -0.25) is 4.40 Å². The van der Waals surface area contributed by atoms with Crippen molar-refractivity contribution >= 4 is 32.2 Å². The van der Waals surface area contributed by atoms with Gasteiger partial charge in [0.25, 0.3) is 0 Å². The zero-order valence-corrected chi connectivity index (χ0v) is 12.8. The summed E-state index contributed by atoms with van der Waals surface area (Å²) >= 11 is 5.07. The Morgan fingerprint density at radius 2 is 2.32 bits per heavy atom. The summed E-state index contributed by atoms with van der Waals surface area (Å²) < 4.78 is 3.05. The van der Waals surface area contributed by atoms with E-state index in [1.165, 1.54) is 0 Å². The number of hydrogen-bond donors (Lipinski definition) is 1. The van der Waals surface area contributed by atoms with Crippen molar-refractivity contribution in [1.29, 1.82) is 0 Å². The highest BCUT2D eigenvalue weighted by Crippen LogP contribution is 2.24. The smallest absolute Gasteiger partial charge is 0.193 e. The van der Waals surface area contributed by atoms with Gasteiger partial charge in [-0.05, 0) is 24.1 Å². The molecule has 19 heavy (non-hydrogen) atoms. The van der Waals surface area contributed by atoms with Gasteiger partial charge in [-0.2, -0.15) is 0 Å². The van der Waals surface area contributed by atoms with E-state index in [0.717, 1.165) is 26.3 Å². The third-order valence-corrected chi connectivity index (χ3v) is 4.77. The molecular formula is C14H13BrN2OS. The number of halogens is 1. The molecule has 98 valence electrons. The average molecular weight is 337 g/mol. The lowest BCUT2D eigenvalue weighted by molar-refractivity contribution is 0.177. The molecule has 0 spiro atoms. The Hall–Kier alpha value is -1.17. The highest BCUT2D eigenvalue weighted by molar-refractivity contribution is 9.10. The second-order valence-corrected chi connectivity index (χ2v) is 6.28. The van der Waals surface area contributed by atoms with Crippen molar-refractivity contribution in [2.24, 2.45) is 0 Å². The molecule has 0 radical (unpaired) electrons. The summed E-state index contributed by atoms with van der Waals surface area (Å²) in [6.07, 6.45) is 3.97. The number of rotatable bonds is 3. The monoisotopic (exact) mass is 336 g/mol. The van der Waals surface area contributed by atoms with Gasteiger partial charge < -0.3 is 5.11 Å². The number of hydrogen-bond acceptors (Lipinski definition) is 3. The van der Waals surface area contributed by atoms with Gasteiger partial charge in [0, 0.05) is 28.7 Å². The topological polar surface area (TPSA) is 37.5 Å². The molecule has 0 bridgehead atoms. The molecular weight excluding hydrogens is 324 g/mol. The van der Waals surface area contributed by atoms with E-state index in [0.29, 0.717) is 6.42 Å². The zero-order valence-electron chi connectivity index (χ0n) is 10.4. The van der Waals surface area contributed by atoms with Crippen LogP contribution in [0.5, 0.6) is 0 Å². The first-order valence-corrected chi connectivity index (χ1v) is 7.66. The van der Waals surface area contributed by atoms with E-state index in [9.17, 15) is 5.11 Å². The molecule has 0 aliphatic rings. The maximum atomic E-state index is 10.3. The lowest BCUT2D eigenvalue weighted by Gasteiger charge is -2.10. The van der Waals surface area contributed by atoms with E-state index in [-0.39, 0.29) is 0 Å². The molecule has 2 aromatic heterocycles. The molecule has 0 saturated carbocycles.